The van der Waals surface area contributed by atoms with Crippen LogP contribution in [0.4, 0.5) is 5.69 Å². The summed E-state index contributed by atoms with van der Waals surface area (Å²) in [5.74, 6) is 0.378. The summed E-state index contributed by atoms with van der Waals surface area (Å²) >= 11 is 4.58. The number of nitrogens with zero attached hydrogens (tertiary/aromatic N) is 3. The van der Waals surface area contributed by atoms with Gasteiger partial charge in [-0.25, -0.2) is 9.79 Å². The second kappa shape index (κ2) is 11.0. The number of benzene rings is 3. The van der Waals surface area contributed by atoms with Crippen LogP contribution >= 0.6 is 27.3 Å². The molecule has 9 nitrogen and oxygen atoms in total. The van der Waals surface area contributed by atoms with E-state index in [1.165, 1.54) is 23.5 Å². The minimum absolute atomic E-state index is 0.0447. The fourth-order valence-electron chi connectivity index (χ4n) is 5.10. The Morgan fingerprint density at radius 1 is 1.17 bits per heavy atom. The van der Waals surface area contributed by atoms with Crippen molar-refractivity contribution in [2.24, 2.45) is 4.99 Å². The van der Waals surface area contributed by atoms with E-state index in [-0.39, 0.29) is 17.9 Å². The van der Waals surface area contributed by atoms with Gasteiger partial charge in [0, 0.05) is 28.2 Å². The largest absolute Gasteiger partial charge is 0.463 e. The molecule has 0 spiro atoms. The number of thiazole rings is 1. The van der Waals surface area contributed by atoms with Crippen LogP contribution in [0.15, 0.2) is 103 Å². The number of hydrogen-bond acceptors (Lipinski definition) is 8. The number of furan rings is 1. The maximum atomic E-state index is 14.0. The highest BCUT2D eigenvalue weighted by molar-refractivity contribution is 9.10. The van der Waals surface area contributed by atoms with E-state index in [0.717, 1.165) is 16.3 Å². The molecule has 0 N–H and O–H groups in total. The van der Waals surface area contributed by atoms with Crippen LogP contribution in [0.25, 0.3) is 28.2 Å². The summed E-state index contributed by atoms with van der Waals surface area (Å²) in [5, 5.41) is 13.0. The molecule has 2 aromatic heterocycles. The zero-order valence-corrected chi connectivity index (χ0v) is 24.8. The molecule has 0 amide bonds. The summed E-state index contributed by atoms with van der Waals surface area (Å²) < 4.78 is 13.9. The van der Waals surface area contributed by atoms with E-state index in [9.17, 15) is 19.7 Å². The third-order valence-corrected chi connectivity index (χ3v) is 8.60. The lowest BCUT2D eigenvalue weighted by Gasteiger charge is -2.25. The maximum Gasteiger partial charge on any atom is 0.338 e. The summed E-state index contributed by atoms with van der Waals surface area (Å²) in [6.07, 6.45) is 1.64. The van der Waals surface area contributed by atoms with Gasteiger partial charge in [-0.3, -0.25) is 19.5 Å². The molecule has 0 saturated carbocycles. The highest BCUT2D eigenvalue weighted by Gasteiger charge is 2.34. The van der Waals surface area contributed by atoms with Crippen molar-refractivity contribution in [2.75, 3.05) is 6.61 Å². The molecule has 0 saturated heterocycles. The predicted molar refractivity (Wildman–Crippen MR) is 163 cm³/mol. The first kappa shape index (κ1) is 27.6. The summed E-state index contributed by atoms with van der Waals surface area (Å²) in [6.45, 7) is 3.68. The minimum Gasteiger partial charge on any atom is -0.463 e. The number of hydrogen-bond donors (Lipinski definition) is 0. The lowest BCUT2D eigenvalue weighted by Crippen LogP contribution is -2.40. The van der Waals surface area contributed by atoms with Crippen LogP contribution in [0.2, 0.25) is 0 Å². The first-order valence-corrected chi connectivity index (χ1v) is 14.6. The number of allylic oxidation sites excluding steroid dienone is 1. The standard InChI is InChI=1S/C31H22BrN3O6S/c1-3-40-30(37)27-17(2)33-31-34(28(27)22-10-6-8-18-7-4-5-9-21(18)22)29(36)26(42-31)16-20-12-14-25(41-20)23-13-11-19(35(38)39)15-24(23)32/h4-16,28H,3H2,1-2H3/b26-16-/t28-/m0/s1. The Morgan fingerprint density at radius 3 is 2.71 bits per heavy atom. The maximum absolute atomic E-state index is 14.0. The van der Waals surface area contributed by atoms with E-state index >= 15 is 0 Å². The lowest BCUT2D eigenvalue weighted by molar-refractivity contribution is -0.384. The van der Waals surface area contributed by atoms with Gasteiger partial charge in [0.25, 0.3) is 11.2 Å². The monoisotopic (exact) mass is 643 g/mol. The lowest BCUT2D eigenvalue weighted by atomic mass is 9.91. The normalized spacial score (nSPS) is 15.0. The number of nitro benzene ring substituents is 1. The number of carbonyl (C=O) groups excluding carboxylic acids is 1. The van der Waals surface area contributed by atoms with Gasteiger partial charge in [-0.15, -0.1) is 0 Å². The van der Waals surface area contributed by atoms with Crippen LogP contribution in [-0.4, -0.2) is 22.1 Å². The fraction of sp³-hybridized carbons (Fsp3) is 0.129. The van der Waals surface area contributed by atoms with Gasteiger partial charge >= 0.3 is 5.97 Å². The van der Waals surface area contributed by atoms with Crippen molar-refractivity contribution in [2.45, 2.75) is 19.9 Å². The molecular formula is C31H22BrN3O6S. The van der Waals surface area contributed by atoms with Crippen LogP contribution in [0.3, 0.4) is 0 Å². The van der Waals surface area contributed by atoms with Crippen molar-refractivity contribution in [1.29, 1.82) is 0 Å². The minimum atomic E-state index is -0.739. The highest BCUT2D eigenvalue weighted by atomic mass is 79.9. The van der Waals surface area contributed by atoms with E-state index in [4.69, 9.17) is 9.15 Å². The second-order valence-electron chi connectivity index (χ2n) is 9.49. The zero-order valence-electron chi connectivity index (χ0n) is 22.4. The number of halogens is 1. The Morgan fingerprint density at radius 2 is 1.95 bits per heavy atom. The Labute approximate surface area is 251 Å². The van der Waals surface area contributed by atoms with Gasteiger partial charge in [0.05, 0.1) is 33.4 Å². The quantitative estimate of drug-likeness (QED) is 0.130. The molecule has 42 heavy (non-hydrogen) atoms. The molecule has 210 valence electrons. The van der Waals surface area contributed by atoms with Crippen molar-refractivity contribution in [3.63, 3.8) is 0 Å². The highest BCUT2D eigenvalue weighted by Crippen LogP contribution is 2.35. The second-order valence-corrected chi connectivity index (χ2v) is 11.4. The number of nitro groups is 1. The average molecular weight is 645 g/mol. The summed E-state index contributed by atoms with van der Waals surface area (Å²) in [5.41, 5.74) is 1.86. The van der Waals surface area contributed by atoms with Gasteiger partial charge in [0.2, 0.25) is 0 Å². The van der Waals surface area contributed by atoms with Crippen molar-refractivity contribution in [1.82, 2.24) is 4.57 Å². The van der Waals surface area contributed by atoms with E-state index in [2.05, 4.69) is 20.9 Å². The first-order chi connectivity index (χ1) is 20.3. The van der Waals surface area contributed by atoms with Crippen molar-refractivity contribution < 1.29 is 18.9 Å². The average Bonchev–Trinajstić information content (AvgIpc) is 3.56. The van der Waals surface area contributed by atoms with Gasteiger partial charge in [0.1, 0.15) is 11.5 Å². The topological polar surface area (TPSA) is 117 Å². The van der Waals surface area contributed by atoms with Crippen molar-refractivity contribution >= 4 is 55.8 Å². The number of non-ortho nitro benzene ring substituents is 1. The molecule has 5 aromatic rings. The molecule has 0 radical (unpaired) electrons. The van der Waals surface area contributed by atoms with Gasteiger partial charge in [-0.05, 0) is 64.3 Å². The van der Waals surface area contributed by atoms with Gasteiger partial charge in [-0.1, -0.05) is 53.8 Å². The molecular weight excluding hydrogens is 622 g/mol. The summed E-state index contributed by atoms with van der Waals surface area (Å²) in [6, 6.07) is 20.8. The molecule has 0 bridgehead atoms. The molecule has 0 fully saturated rings. The Bertz CT molecular complexity index is 2120. The number of ether oxygens (including phenoxy) is 1. The number of rotatable bonds is 6. The number of fused-ring (bicyclic) bond motifs is 2. The van der Waals surface area contributed by atoms with Crippen molar-refractivity contribution in [3.05, 3.63) is 130 Å². The smallest absolute Gasteiger partial charge is 0.338 e. The number of aromatic nitrogens is 1. The van der Waals surface area contributed by atoms with Gasteiger partial charge < -0.3 is 9.15 Å². The van der Waals surface area contributed by atoms with Crippen LogP contribution < -0.4 is 14.9 Å². The van der Waals surface area contributed by atoms with E-state index < -0.39 is 16.9 Å². The molecule has 0 unspecified atom stereocenters. The molecule has 1 aliphatic rings. The Kier molecular flexibility index (Phi) is 7.21. The SMILES string of the molecule is CCOC(=O)C1=C(C)N=c2s/c(=C\c3ccc(-c4ccc([N+](=O)[O-])cc4Br)o3)c(=O)n2[C@H]1c1cccc2ccccc12. The zero-order chi connectivity index (χ0) is 29.5. The molecule has 6 rings (SSSR count). The number of carbonyl (C=O) groups is 1. The first-order valence-electron chi connectivity index (χ1n) is 13.0. The molecule has 3 aromatic carbocycles. The Hall–Kier alpha value is -4.61. The van der Waals surface area contributed by atoms with E-state index in [1.807, 2.05) is 42.5 Å². The predicted octanol–water partition coefficient (Wildman–Crippen LogP) is 5.88. The van der Waals surface area contributed by atoms with Gasteiger partial charge in [-0.2, -0.15) is 0 Å². The molecule has 11 heteroatoms. The molecule has 3 heterocycles. The Balaban J connectivity index is 1.50. The summed E-state index contributed by atoms with van der Waals surface area (Å²) in [7, 11) is 0. The van der Waals surface area contributed by atoms with Crippen LogP contribution in [-0.2, 0) is 9.53 Å². The fourth-order valence-corrected chi connectivity index (χ4v) is 6.69. The van der Waals surface area contributed by atoms with Crippen LogP contribution in [0.5, 0.6) is 0 Å². The third kappa shape index (κ3) is 4.80. The molecule has 1 atom stereocenters. The van der Waals surface area contributed by atoms with E-state index in [0.29, 0.717) is 42.2 Å². The van der Waals surface area contributed by atoms with Crippen molar-refractivity contribution in [3.8, 4) is 11.3 Å². The third-order valence-electron chi connectivity index (χ3n) is 6.96. The van der Waals surface area contributed by atoms with Crippen LogP contribution in [0.1, 0.15) is 31.2 Å². The summed E-state index contributed by atoms with van der Waals surface area (Å²) in [4.78, 5) is 43.0. The van der Waals surface area contributed by atoms with Gasteiger partial charge in [0.15, 0.2) is 4.80 Å². The molecule has 1 aliphatic heterocycles. The number of esters is 1. The van der Waals surface area contributed by atoms with E-state index in [1.54, 1.807) is 42.7 Å². The van der Waals surface area contributed by atoms with Crippen LogP contribution in [0, 0.1) is 10.1 Å². The molecule has 0 aliphatic carbocycles.